The molecule has 4 amide bonds. The van der Waals surface area contributed by atoms with Crippen LogP contribution in [-0.4, -0.2) is 84.1 Å². The molecule has 0 aliphatic carbocycles. The van der Waals surface area contributed by atoms with Crippen LogP contribution in [0.15, 0.2) is 24.3 Å². The molecule has 0 aliphatic heterocycles. The van der Waals surface area contributed by atoms with E-state index in [9.17, 15) is 19.2 Å². The van der Waals surface area contributed by atoms with E-state index in [1.165, 1.54) is 0 Å². The van der Waals surface area contributed by atoms with E-state index in [0.29, 0.717) is 43.8 Å². The molecule has 1 aromatic rings. The highest BCUT2D eigenvalue weighted by Crippen LogP contribution is 2.45. The van der Waals surface area contributed by atoms with Gasteiger partial charge >= 0.3 is 6.09 Å². The lowest BCUT2D eigenvalue weighted by atomic mass is 9.68. The highest BCUT2D eigenvalue weighted by atomic mass is 28.3. The number of carbonyl (C=O) groups is 4. The molecule has 1 rings (SSSR count). The number of hydrogen-bond donors (Lipinski definition) is 4. The summed E-state index contributed by atoms with van der Waals surface area (Å²) in [6.07, 6.45) is 2.45. The summed E-state index contributed by atoms with van der Waals surface area (Å²) in [5.74, 6) is -1.14. The molecular weight excluding hydrogens is 717 g/mol. The summed E-state index contributed by atoms with van der Waals surface area (Å²) in [5.41, 5.74) is -2.08. The van der Waals surface area contributed by atoms with Gasteiger partial charge in [0.05, 0.1) is 18.1 Å². The number of hydrogen-bond acceptors (Lipinski definition) is 8. The molecule has 1 aromatic carbocycles. The van der Waals surface area contributed by atoms with Crippen molar-refractivity contribution in [2.75, 3.05) is 33.9 Å². The van der Waals surface area contributed by atoms with Gasteiger partial charge in [-0.05, 0) is 89.9 Å². The molecule has 0 saturated carbocycles. The number of rotatable bonds is 23. The van der Waals surface area contributed by atoms with Gasteiger partial charge in [-0.15, -0.1) is 0 Å². The molecule has 0 aromatic heterocycles. The summed E-state index contributed by atoms with van der Waals surface area (Å²) in [6, 6.07) is 6.81. The van der Waals surface area contributed by atoms with Gasteiger partial charge < -0.3 is 39.9 Å². The van der Waals surface area contributed by atoms with Crippen LogP contribution in [0.3, 0.4) is 0 Å². The predicted octanol–water partition coefficient (Wildman–Crippen LogP) is 7.34. The number of para-hydroxylation sites is 1. The lowest BCUT2D eigenvalue weighted by molar-refractivity contribution is -0.128. The van der Waals surface area contributed by atoms with Crippen molar-refractivity contribution in [1.29, 1.82) is 0 Å². The van der Waals surface area contributed by atoms with Crippen molar-refractivity contribution < 1.29 is 37.8 Å². The minimum atomic E-state index is -1.41. The average Bonchev–Trinajstić information content (AvgIpc) is 3.06. The maximum absolute atomic E-state index is 14.5. The number of benzene rings is 1. The second-order valence-electron chi connectivity index (χ2n) is 17.6. The fourth-order valence-electron chi connectivity index (χ4n) is 6.77. The van der Waals surface area contributed by atoms with E-state index in [0.717, 1.165) is 12.8 Å². The SMILES string of the molecule is CNC(=O)C(C)CNC(=O)C(CCC(CC(C(C)C)[C@@](NC(=O)c1ccccc1OCCCCOC)(O[Si](C)C)C(C)(C)C)NC(=O)OC(C)(C)C)C(C)C. The van der Waals surface area contributed by atoms with Gasteiger partial charge in [-0.2, -0.15) is 0 Å². The molecule has 315 valence electrons. The predicted molar refractivity (Wildman–Crippen MR) is 221 cm³/mol. The number of methoxy groups -OCH3 is 1. The highest BCUT2D eigenvalue weighted by molar-refractivity contribution is 6.48. The van der Waals surface area contributed by atoms with Gasteiger partial charge in [0.1, 0.15) is 17.1 Å². The molecule has 0 bridgehead atoms. The summed E-state index contributed by atoms with van der Waals surface area (Å²) < 4.78 is 24.1. The smallest absolute Gasteiger partial charge is 0.407 e. The first-order chi connectivity index (χ1) is 25.5. The zero-order chi connectivity index (χ0) is 42.1. The van der Waals surface area contributed by atoms with Crippen LogP contribution < -0.4 is 26.0 Å². The molecule has 55 heavy (non-hydrogen) atoms. The lowest BCUT2D eigenvalue weighted by Gasteiger charge is -2.53. The van der Waals surface area contributed by atoms with Crippen LogP contribution in [0.25, 0.3) is 0 Å². The third-order valence-corrected chi connectivity index (χ3v) is 10.5. The van der Waals surface area contributed by atoms with E-state index >= 15 is 0 Å². The Balaban J connectivity index is 3.66. The molecule has 1 radical (unpaired) electrons. The van der Waals surface area contributed by atoms with E-state index in [2.05, 4.69) is 69.0 Å². The van der Waals surface area contributed by atoms with Gasteiger partial charge in [-0.1, -0.05) is 67.5 Å². The maximum atomic E-state index is 14.5. The van der Waals surface area contributed by atoms with Crippen LogP contribution in [0.1, 0.15) is 119 Å². The zero-order valence-corrected chi connectivity index (χ0v) is 37.7. The molecule has 0 heterocycles. The Morgan fingerprint density at radius 1 is 0.836 bits per heavy atom. The summed E-state index contributed by atoms with van der Waals surface area (Å²) in [6.45, 7) is 27.1. The first kappa shape index (κ1) is 49.9. The number of alkyl carbamates (subject to hydrolysis) is 1. The zero-order valence-electron chi connectivity index (χ0n) is 36.7. The monoisotopic (exact) mass is 792 g/mol. The molecule has 0 aliphatic rings. The summed E-state index contributed by atoms with van der Waals surface area (Å²) >= 11 is 0. The van der Waals surface area contributed by atoms with Crippen molar-refractivity contribution in [3.8, 4) is 5.75 Å². The van der Waals surface area contributed by atoms with Gasteiger partial charge in [-0.3, -0.25) is 14.4 Å². The van der Waals surface area contributed by atoms with E-state index < -0.39 is 37.9 Å². The summed E-state index contributed by atoms with van der Waals surface area (Å²) in [7, 11) is 1.84. The van der Waals surface area contributed by atoms with Crippen LogP contribution in [0, 0.1) is 35.0 Å². The third kappa shape index (κ3) is 16.8. The number of amides is 4. The van der Waals surface area contributed by atoms with Crippen LogP contribution in [-0.2, 0) is 23.5 Å². The topological polar surface area (TPSA) is 153 Å². The molecular formula is C42H75N4O8Si. The number of carbonyl (C=O) groups excluding carboxylic acids is 4. The molecule has 0 spiro atoms. The Bertz CT molecular complexity index is 1340. The Labute approximate surface area is 334 Å². The Kier molecular flexibility index (Phi) is 21.0. The Morgan fingerprint density at radius 2 is 1.45 bits per heavy atom. The third-order valence-electron chi connectivity index (χ3n) is 9.74. The van der Waals surface area contributed by atoms with E-state index in [-0.39, 0.29) is 53.9 Å². The second kappa shape index (κ2) is 23.2. The minimum Gasteiger partial charge on any atom is -0.493 e. The van der Waals surface area contributed by atoms with Gasteiger partial charge in [0.15, 0.2) is 0 Å². The summed E-state index contributed by atoms with van der Waals surface area (Å²) in [5, 5.41) is 12.2. The van der Waals surface area contributed by atoms with Gasteiger partial charge in [-0.25, -0.2) is 4.79 Å². The van der Waals surface area contributed by atoms with Crippen LogP contribution in [0.2, 0.25) is 13.1 Å². The first-order valence-electron chi connectivity index (χ1n) is 20.0. The second-order valence-corrected chi connectivity index (χ2v) is 19.6. The van der Waals surface area contributed by atoms with Gasteiger partial charge in [0, 0.05) is 50.6 Å². The van der Waals surface area contributed by atoms with Gasteiger partial charge in [0.2, 0.25) is 20.9 Å². The van der Waals surface area contributed by atoms with Crippen LogP contribution >= 0.6 is 0 Å². The number of nitrogens with one attached hydrogen (secondary N) is 4. The van der Waals surface area contributed by atoms with E-state index in [4.69, 9.17) is 18.6 Å². The van der Waals surface area contributed by atoms with Gasteiger partial charge in [0.25, 0.3) is 5.91 Å². The molecule has 5 atom stereocenters. The molecule has 0 fully saturated rings. The number of unbranched alkanes of at least 4 members (excludes halogenated alkanes) is 1. The molecule has 4 unspecified atom stereocenters. The summed E-state index contributed by atoms with van der Waals surface area (Å²) in [4.78, 5) is 53.5. The van der Waals surface area contributed by atoms with E-state index in [1.54, 1.807) is 33.2 Å². The minimum absolute atomic E-state index is 0.00211. The Hall–Kier alpha value is -3.16. The number of ether oxygens (including phenoxy) is 3. The molecule has 0 saturated heterocycles. The normalized spacial score (nSPS) is 15.5. The molecule has 4 N–H and O–H groups in total. The lowest BCUT2D eigenvalue weighted by Crippen LogP contribution is -2.66. The standard InChI is InChI=1S/C42H75N4O8Si/c1-28(2)32(37(48)44-27-30(5)36(47)43-12)23-22-31(45-39(50)53-41(9,10)11)26-34(29(3)4)42(40(6,7)8,54-55(14)15)46-38(49)33-20-16-17-21-35(33)52-25-19-18-24-51-13/h16-17,20-21,28-32,34H,18-19,22-27H2,1-15H3,(H,43,47)(H,44,48)(H,45,50)(H,46,49)/t30?,31?,32?,34?,42-/m1/s1. The van der Waals surface area contributed by atoms with Crippen molar-refractivity contribution in [2.45, 2.75) is 139 Å². The van der Waals surface area contributed by atoms with E-state index in [1.807, 2.05) is 46.8 Å². The fourth-order valence-corrected chi connectivity index (χ4v) is 7.92. The fraction of sp³-hybridized carbons (Fsp3) is 0.762. The Morgan fingerprint density at radius 3 is 1.98 bits per heavy atom. The maximum Gasteiger partial charge on any atom is 0.407 e. The van der Waals surface area contributed by atoms with Crippen LogP contribution in [0.4, 0.5) is 4.79 Å². The largest absolute Gasteiger partial charge is 0.493 e. The van der Waals surface area contributed by atoms with Crippen molar-refractivity contribution in [3.63, 3.8) is 0 Å². The first-order valence-corrected chi connectivity index (χ1v) is 22.4. The average molecular weight is 792 g/mol. The quantitative estimate of drug-likeness (QED) is 0.0511. The van der Waals surface area contributed by atoms with Crippen molar-refractivity contribution in [2.24, 2.45) is 35.0 Å². The molecule has 13 heteroatoms. The highest BCUT2D eigenvalue weighted by Gasteiger charge is 2.53. The molecule has 12 nitrogen and oxygen atoms in total. The van der Waals surface area contributed by atoms with Crippen molar-refractivity contribution in [1.82, 2.24) is 21.3 Å². The van der Waals surface area contributed by atoms with Crippen molar-refractivity contribution in [3.05, 3.63) is 29.8 Å². The van der Waals surface area contributed by atoms with Crippen molar-refractivity contribution >= 4 is 32.9 Å². The van der Waals surface area contributed by atoms with Crippen LogP contribution in [0.5, 0.6) is 5.75 Å².